The zero-order valence-electron chi connectivity index (χ0n) is 22.0. The van der Waals surface area contributed by atoms with E-state index in [1.54, 1.807) is 0 Å². The molecule has 43 heavy (non-hydrogen) atoms. The van der Waals surface area contributed by atoms with Crippen LogP contribution in [0.25, 0.3) is 10.8 Å². The number of nitro groups is 1. The van der Waals surface area contributed by atoms with Gasteiger partial charge in [-0.2, -0.15) is 18.6 Å². The summed E-state index contributed by atoms with van der Waals surface area (Å²) in [7, 11) is -10.0. The van der Waals surface area contributed by atoms with Gasteiger partial charge in [-0.1, -0.05) is 5.75 Å². The number of hydrogen-bond acceptors (Lipinski definition) is 15. The largest absolute Gasteiger partial charge is 1.00 e. The molecule has 0 amide bonds. The van der Waals surface area contributed by atoms with E-state index in [0.29, 0.717) is 6.07 Å². The van der Waals surface area contributed by atoms with Gasteiger partial charge in [-0.3, -0.25) is 35.1 Å². The molecular formula is C22H14N6Na2O11S2. The fraction of sp³-hybridized carbons (Fsp3) is 0. The molecule has 0 aliphatic rings. The number of hydrogen-bond donors (Lipinski definition) is 4. The number of rotatable bonds is 7. The second-order valence-corrected chi connectivity index (χ2v) is 11.0. The van der Waals surface area contributed by atoms with Crippen LogP contribution in [-0.4, -0.2) is 30.9 Å². The third-order valence-electron chi connectivity index (χ3n) is 5.44. The van der Waals surface area contributed by atoms with Crippen LogP contribution in [0.15, 0.2) is 84.2 Å². The summed E-state index contributed by atoms with van der Waals surface area (Å²) in [6.07, 6.45) is 0. The first kappa shape index (κ1) is 36.0. The Balaban J connectivity index is 0.00000323. The summed E-state index contributed by atoms with van der Waals surface area (Å²) in [5, 5.41) is 29.2. The van der Waals surface area contributed by atoms with Crippen LogP contribution in [0.2, 0.25) is 0 Å². The SMILES string of the molecule is Nc1cc(N/N=c2\c(=O)cc/c(=N\Nc3cc(S(=O)(=O)[O-])cc4cc(S(=O)(=O)O)cc([O-])c34)c2=O)ccc1[N+](=O)[O-].[Na+].[Na+]. The first-order valence-electron chi connectivity index (χ1n) is 10.8. The van der Waals surface area contributed by atoms with Crippen LogP contribution in [0.3, 0.4) is 0 Å². The van der Waals surface area contributed by atoms with Gasteiger partial charge in [0.2, 0.25) is 10.9 Å². The van der Waals surface area contributed by atoms with Crippen molar-refractivity contribution in [3.63, 3.8) is 0 Å². The third-order valence-corrected chi connectivity index (χ3v) is 7.08. The van der Waals surface area contributed by atoms with Gasteiger partial charge < -0.3 is 15.4 Å². The summed E-state index contributed by atoms with van der Waals surface area (Å²) in [6.45, 7) is 0. The smallest absolute Gasteiger partial charge is 0.872 e. The quantitative estimate of drug-likeness (QED) is 0.0476. The Morgan fingerprint density at radius 1 is 0.884 bits per heavy atom. The summed E-state index contributed by atoms with van der Waals surface area (Å²) in [5.41, 5.74) is 7.42. The zero-order valence-corrected chi connectivity index (χ0v) is 27.6. The second-order valence-electron chi connectivity index (χ2n) is 8.16. The Hall–Kier alpha value is -3.24. The summed E-state index contributed by atoms with van der Waals surface area (Å²) < 4.78 is 67.3. The molecular weight excluding hydrogens is 634 g/mol. The molecule has 0 unspecified atom stereocenters. The van der Waals surface area contributed by atoms with Gasteiger partial charge in [0.15, 0.2) is 5.36 Å². The maximum absolute atomic E-state index is 12.9. The van der Waals surface area contributed by atoms with E-state index in [-0.39, 0.29) is 86.9 Å². The van der Waals surface area contributed by atoms with Crippen LogP contribution in [0, 0.1) is 10.1 Å². The van der Waals surface area contributed by atoms with Gasteiger partial charge in [0.05, 0.1) is 26.1 Å². The van der Waals surface area contributed by atoms with Crippen molar-refractivity contribution in [3.8, 4) is 5.75 Å². The van der Waals surface area contributed by atoms with Crippen molar-refractivity contribution < 1.29 is 95.1 Å². The molecule has 0 aliphatic carbocycles. The van der Waals surface area contributed by atoms with Crippen LogP contribution in [-0.2, 0) is 20.2 Å². The molecule has 212 valence electrons. The first-order chi connectivity index (χ1) is 19.1. The summed E-state index contributed by atoms with van der Waals surface area (Å²) in [5.74, 6) is -1.01. The van der Waals surface area contributed by atoms with Gasteiger partial charge in [0.25, 0.3) is 15.8 Å². The monoisotopic (exact) mass is 648 g/mol. The number of nitrogens with two attached hydrogens (primary N) is 1. The molecule has 0 aromatic heterocycles. The maximum Gasteiger partial charge on any atom is 1.00 e. The normalized spacial score (nSPS) is 12.3. The molecule has 0 atom stereocenters. The molecule has 0 saturated heterocycles. The number of anilines is 3. The van der Waals surface area contributed by atoms with E-state index in [2.05, 4.69) is 21.1 Å². The molecule has 4 aromatic rings. The molecule has 5 N–H and O–H groups in total. The molecule has 17 nitrogen and oxygen atoms in total. The number of nitro benzene ring substituents is 1. The number of nitrogens with one attached hydrogen (secondary N) is 2. The Kier molecular flexibility index (Phi) is 11.4. The molecule has 0 saturated carbocycles. The van der Waals surface area contributed by atoms with E-state index in [1.165, 1.54) is 6.07 Å². The van der Waals surface area contributed by atoms with Gasteiger partial charge >= 0.3 is 59.1 Å². The third kappa shape index (κ3) is 8.03. The van der Waals surface area contributed by atoms with E-state index in [9.17, 15) is 50.8 Å². The van der Waals surface area contributed by atoms with Gasteiger partial charge in [-0.05, 0) is 59.3 Å². The number of fused-ring (bicyclic) bond motifs is 1. The molecule has 4 aromatic carbocycles. The van der Waals surface area contributed by atoms with Crippen molar-refractivity contribution in [1.29, 1.82) is 0 Å². The Morgan fingerprint density at radius 3 is 2.12 bits per heavy atom. The van der Waals surface area contributed by atoms with E-state index < -0.39 is 68.0 Å². The fourth-order valence-electron chi connectivity index (χ4n) is 3.57. The fourth-order valence-corrected chi connectivity index (χ4v) is 4.64. The number of benzene rings is 4. The molecule has 21 heteroatoms. The van der Waals surface area contributed by atoms with Crippen molar-refractivity contribution >= 4 is 53.8 Å². The average molecular weight is 648 g/mol. The van der Waals surface area contributed by atoms with Crippen LogP contribution in [0.1, 0.15) is 0 Å². The average Bonchev–Trinajstić information content (AvgIpc) is 2.86. The van der Waals surface area contributed by atoms with E-state index in [0.717, 1.165) is 42.5 Å². The van der Waals surface area contributed by atoms with Crippen molar-refractivity contribution in [2.45, 2.75) is 9.79 Å². The van der Waals surface area contributed by atoms with Crippen molar-refractivity contribution in [2.24, 2.45) is 10.2 Å². The van der Waals surface area contributed by atoms with E-state index in [4.69, 9.17) is 5.73 Å². The summed E-state index contributed by atoms with van der Waals surface area (Å²) in [4.78, 5) is 33.6. The maximum atomic E-state index is 12.9. The van der Waals surface area contributed by atoms with E-state index >= 15 is 0 Å². The van der Waals surface area contributed by atoms with Gasteiger partial charge in [0, 0.05) is 6.07 Å². The minimum Gasteiger partial charge on any atom is -0.872 e. The molecule has 4 rings (SSSR count). The van der Waals surface area contributed by atoms with Crippen LogP contribution < -0.4 is 102 Å². The van der Waals surface area contributed by atoms with Crippen LogP contribution in [0.5, 0.6) is 5.75 Å². The molecule has 0 aliphatic heterocycles. The molecule has 0 bridgehead atoms. The Bertz CT molecular complexity index is 2220. The van der Waals surface area contributed by atoms with Crippen molar-refractivity contribution in [2.75, 3.05) is 16.6 Å². The van der Waals surface area contributed by atoms with Gasteiger partial charge in [-0.15, -0.1) is 0 Å². The van der Waals surface area contributed by atoms with Crippen molar-refractivity contribution in [3.05, 3.63) is 95.9 Å². The summed E-state index contributed by atoms with van der Waals surface area (Å²) >= 11 is 0. The predicted octanol–water partition coefficient (Wildman–Crippen LogP) is -6.99. The standard InChI is InChI=1S/C22H16N6O11S2.2Na/c23-14-7-11(1-3-17(14)28(32)33)24-27-21-18(29)4-2-15(22(21)31)25-26-16-8-12(40(34,35)36)5-10-6-13(41(37,38)39)9-19(30)20(10)16;;/h1-9,24,26,30H,23H2,(H,34,35,36)(H,37,38,39);;/q;2*+1/p-2/b25-15+,27-21+;;. The number of nitrogen functional groups attached to an aromatic ring is 1. The zero-order chi connectivity index (χ0) is 30.3. The van der Waals surface area contributed by atoms with E-state index in [1.807, 2.05) is 0 Å². The van der Waals surface area contributed by atoms with Crippen LogP contribution >= 0.6 is 0 Å². The number of nitrogens with zero attached hydrogens (tertiary/aromatic N) is 3. The second kappa shape index (κ2) is 13.6. The minimum atomic E-state index is -5.14. The Labute approximate surface area is 284 Å². The van der Waals surface area contributed by atoms with Gasteiger partial charge in [-0.25, -0.2) is 8.42 Å². The molecule has 0 spiro atoms. The minimum absolute atomic E-state index is 0. The first-order valence-corrected chi connectivity index (χ1v) is 13.6. The Morgan fingerprint density at radius 2 is 1.53 bits per heavy atom. The predicted molar refractivity (Wildman–Crippen MR) is 138 cm³/mol. The topological polar surface area (TPSA) is 287 Å². The summed E-state index contributed by atoms with van der Waals surface area (Å²) in [6, 6.07) is 8.08. The van der Waals surface area contributed by atoms with Crippen molar-refractivity contribution in [1.82, 2.24) is 0 Å². The van der Waals surface area contributed by atoms with Gasteiger partial charge in [0.1, 0.15) is 21.2 Å². The molecule has 0 heterocycles. The molecule has 0 radical (unpaired) electrons. The molecule has 0 fully saturated rings. The van der Waals surface area contributed by atoms with Crippen LogP contribution in [0.4, 0.5) is 22.7 Å².